The fourth-order valence-electron chi connectivity index (χ4n) is 5.90. The second-order valence-electron chi connectivity index (χ2n) is 8.81. The van der Waals surface area contributed by atoms with Crippen molar-refractivity contribution in [1.29, 1.82) is 0 Å². The number of benzene rings is 2. The lowest BCUT2D eigenvalue weighted by molar-refractivity contribution is 0.0184. The molecule has 3 saturated heterocycles. The zero-order chi connectivity index (χ0) is 21.2. The maximum atomic E-state index is 5.74. The van der Waals surface area contributed by atoms with Crippen molar-refractivity contribution in [3.8, 4) is 5.75 Å². The first-order chi connectivity index (χ1) is 15.3. The lowest BCUT2D eigenvalue weighted by Gasteiger charge is -2.56. The Morgan fingerprint density at radius 3 is 2.24 bits per heavy atom. The second-order valence-corrected chi connectivity index (χ2v) is 8.81. The summed E-state index contributed by atoms with van der Waals surface area (Å²) in [6.07, 6.45) is 6.45. The van der Waals surface area contributed by atoms with E-state index in [2.05, 4.69) is 88.7 Å². The molecule has 3 atom stereocenters. The lowest BCUT2D eigenvalue weighted by atomic mass is 9.70. The highest BCUT2D eigenvalue weighted by molar-refractivity contribution is 5.85. The molecule has 33 heavy (non-hydrogen) atoms. The molecule has 6 rings (SSSR count). The van der Waals surface area contributed by atoms with Crippen molar-refractivity contribution in [2.45, 2.75) is 30.8 Å². The molecular weight excluding hydrogens is 453 g/mol. The Morgan fingerprint density at radius 2 is 1.58 bits per heavy atom. The molecule has 2 bridgehead atoms. The topological polar surface area (TPSA) is 28.6 Å². The Hall–Kier alpha value is -2.27. The third-order valence-electron chi connectivity index (χ3n) is 7.28. The number of para-hydroxylation sites is 2. The number of rotatable bonds is 6. The van der Waals surface area contributed by atoms with Crippen LogP contribution in [0.3, 0.4) is 0 Å². The van der Waals surface area contributed by atoms with Crippen molar-refractivity contribution in [1.82, 2.24) is 9.88 Å². The maximum absolute atomic E-state index is 5.74. The molecule has 3 aromatic rings. The minimum atomic E-state index is 0. The van der Waals surface area contributed by atoms with E-state index >= 15 is 0 Å². The van der Waals surface area contributed by atoms with E-state index in [0.29, 0.717) is 18.0 Å². The standard InChI is InChI=1S/C27H31N3O.2ClH/c1-29(23-12-6-7-13-24(23)31-2)26-21-14-17-30(18-15-21)27(26)25(20-9-4-3-5-10-20)22-11-8-16-28-19-22;;/h3-13,16,19,21,25-27H,14-15,17-18H2,1-2H3;2*1H/t25-,26+,27+;;/m0../s1. The summed E-state index contributed by atoms with van der Waals surface area (Å²) in [5, 5.41) is 0. The van der Waals surface area contributed by atoms with Gasteiger partial charge in [-0.1, -0.05) is 48.5 Å². The molecule has 0 radical (unpaired) electrons. The van der Waals surface area contributed by atoms with Crippen LogP contribution in [0.25, 0.3) is 0 Å². The quantitative estimate of drug-likeness (QED) is 0.449. The second kappa shape index (κ2) is 11.2. The van der Waals surface area contributed by atoms with Gasteiger partial charge < -0.3 is 9.64 Å². The van der Waals surface area contributed by atoms with Crippen LogP contribution in [0.2, 0.25) is 0 Å². The van der Waals surface area contributed by atoms with E-state index < -0.39 is 0 Å². The molecule has 2 aromatic carbocycles. The smallest absolute Gasteiger partial charge is 0.142 e. The summed E-state index contributed by atoms with van der Waals surface area (Å²) in [5.74, 6) is 1.89. The predicted molar refractivity (Wildman–Crippen MR) is 140 cm³/mol. The lowest BCUT2D eigenvalue weighted by Crippen LogP contribution is -2.65. The first-order valence-electron chi connectivity index (χ1n) is 11.3. The fourth-order valence-corrected chi connectivity index (χ4v) is 5.90. The summed E-state index contributed by atoms with van der Waals surface area (Å²) in [5.41, 5.74) is 3.84. The zero-order valence-electron chi connectivity index (χ0n) is 19.2. The van der Waals surface area contributed by atoms with Gasteiger partial charge in [-0.25, -0.2) is 0 Å². The number of nitrogens with zero attached hydrogens (tertiary/aromatic N) is 3. The number of piperidine rings is 3. The highest BCUT2D eigenvalue weighted by Crippen LogP contribution is 2.45. The molecule has 0 spiro atoms. The molecule has 4 heterocycles. The van der Waals surface area contributed by atoms with Gasteiger partial charge in [0.05, 0.1) is 12.8 Å². The highest BCUT2D eigenvalue weighted by Gasteiger charge is 2.48. The van der Waals surface area contributed by atoms with E-state index in [0.717, 1.165) is 5.75 Å². The monoisotopic (exact) mass is 485 g/mol. The Balaban J connectivity index is 0.00000153. The molecule has 1 aromatic heterocycles. The molecule has 0 amide bonds. The van der Waals surface area contributed by atoms with Gasteiger partial charge in [0.15, 0.2) is 0 Å². The minimum Gasteiger partial charge on any atom is -0.495 e. The molecule has 0 N–H and O–H groups in total. The van der Waals surface area contributed by atoms with E-state index in [1.165, 1.54) is 42.7 Å². The average Bonchev–Trinajstić information content (AvgIpc) is 2.86. The normalized spacial score (nSPS) is 24.2. The SMILES string of the molecule is COc1ccccc1N(C)[C@@H]1C2CCN(CC2)[C@@H]1[C@@H](c1ccccc1)c1cccnc1.Cl.Cl. The van der Waals surface area contributed by atoms with Crippen molar-refractivity contribution >= 4 is 30.5 Å². The number of aromatic nitrogens is 1. The number of ether oxygens (including phenoxy) is 1. The summed E-state index contributed by atoms with van der Waals surface area (Å²) in [6.45, 7) is 2.35. The minimum absolute atomic E-state index is 0. The van der Waals surface area contributed by atoms with Gasteiger partial charge in [-0.15, -0.1) is 24.8 Å². The van der Waals surface area contributed by atoms with Crippen molar-refractivity contribution in [3.05, 3.63) is 90.3 Å². The molecule has 6 heteroatoms. The fraction of sp³-hybridized carbons (Fsp3) is 0.370. The van der Waals surface area contributed by atoms with Gasteiger partial charge in [-0.3, -0.25) is 9.88 Å². The molecule has 0 aliphatic carbocycles. The maximum Gasteiger partial charge on any atom is 0.142 e. The predicted octanol–water partition coefficient (Wildman–Crippen LogP) is 5.66. The molecule has 3 fully saturated rings. The Labute approximate surface area is 209 Å². The van der Waals surface area contributed by atoms with Gasteiger partial charge in [0.25, 0.3) is 0 Å². The van der Waals surface area contributed by atoms with Crippen molar-refractivity contribution < 1.29 is 4.74 Å². The third-order valence-corrected chi connectivity index (χ3v) is 7.28. The van der Waals surface area contributed by atoms with Crippen LogP contribution >= 0.6 is 24.8 Å². The Kier molecular flexibility index (Phi) is 8.63. The van der Waals surface area contributed by atoms with E-state index in [4.69, 9.17) is 4.74 Å². The molecule has 0 saturated carbocycles. The summed E-state index contributed by atoms with van der Waals surface area (Å²) in [6, 6.07) is 24.5. The molecule has 0 unspecified atom stereocenters. The van der Waals surface area contributed by atoms with E-state index in [-0.39, 0.29) is 30.7 Å². The number of hydrogen-bond acceptors (Lipinski definition) is 4. The average molecular weight is 486 g/mol. The first-order valence-corrected chi connectivity index (χ1v) is 11.3. The van der Waals surface area contributed by atoms with Crippen LogP contribution in [-0.4, -0.2) is 49.2 Å². The summed E-state index contributed by atoms with van der Waals surface area (Å²) in [4.78, 5) is 9.71. The van der Waals surface area contributed by atoms with Gasteiger partial charge in [0, 0.05) is 37.4 Å². The van der Waals surface area contributed by atoms with Crippen LogP contribution in [0, 0.1) is 5.92 Å². The van der Waals surface area contributed by atoms with Gasteiger partial charge in [-0.05, 0) is 61.2 Å². The molecular formula is C27H33Cl2N3O. The zero-order valence-corrected chi connectivity index (χ0v) is 20.8. The Bertz CT molecular complexity index is 957. The number of methoxy groups -OCH3 is 1. The van der Waals surface area contributed by atoms with Crippen LogP contribution in [0.5, 0.6) is 5.75 Å². The van der Waals surface area contributed by atoms with Crippen LogP contribution in [0.4, 0.5) is 5.69 Å². The first kappa shape index (κ1) is 25.4. The van der Waals surface area contributed by atoms with Gasteiger partial charge in [0.2, 0.25) is 0 Å². The highest BCUT2D eigenvalue weighted by atomic mass is 35.5. The van der Waals surface area contributed by atoms with Crippen LogP contribution in [-0.2, 0) is 0 Å². The van der Waals surface area contributed by atoms with Crippen molar-refractivity contribution in [2.75, 3.05) is 32.1 Å². The van der Waals surface area contributed by atoms with Crippen molar-refractivity contribution in [3.63, 3.8) is 0 Å². The molecule has 4 nitrogen and oxygen atoms in total. The summed E-state index contributed by atoms with van der Waals surface area (Å²) in [7, 11) is 4.02. The summed E-state index contributed by atoms with van der Waals surface area (Å²) >= 11 is 0. The van der Waals surface area contributed by atoms with Gasteiger partial charge in [0.1, 0.15) is 5.75 Å². The van der Waals surface area contributed by atoms with E-state index in [1.807, 2.05) is 12.3 Å². The Morgan fingerprint density at radius 1 is 0.909 bits per heavy atom. The number of hydrogen-bond donors (Lipinski definition) is 0. The van der Waals surface area contributed by atoms with Gasteiger partial charge >= 0.3 is 0 Å². The number of likely N-dealkylation sites (N-methyl/N-ethyl adjacent to an activating group) is 1. The van der Waals surface area contributed by atoms with E-state index in [9.17, 15) is 0 Å². The van der Waals surface area contributed by atoms with Crippen molar-refractivity contribution in [2.24, 2.45) is 5.92 Å². The number of halogens is 2. The van der Waals surface area contributed by atoms with Crippen LogP contribution in [0.15, 0.2) is 79.1 Å². The number of fused-ring (bicyclic) bond motifs is 3. The number of pyridine rings is 1. The van der Waals surface area contributed by atoms with Gasteiger partial charge in [-0.2, -0.15) is 0 Å². The van der Waals surface area contributed by atoms with Crippen LogP contribution < -0.4 is 9.64 Å². The molecule has 3 aliphatic rings. The largest absolute Gasteiger partial charge is 0.495 e. The third kappa shape index (κ3) is 4.84. The number of anilines is 1. The van der Waals surface area contributed by atoms with E-state index in [1.54, 1.807) is 7.11 Å². The van der Waals surface area contributed by atoms with Crippen LogP contribution in [0.1, 0.15) is 29.9 Å². The molecule has 176 valence electrons. The molecule has 3 aliphatic heterocycles. The summed E-state index contributed by atoms with van der Waals surface area (Å²) < 4.78 is 5.74.